The summed E-state index contributed by atoms with van der Waals surface area (Å²) in [4.78, 5) is 17.2. The summed E-state index contributed by atoms with van der Waals surface area (Å²) in [7, 11) is 0. The van der Waals surface area contributed by atoms with Gasteiger partial charge in [-0.3, -0.25) is 9.69 Å². The molecule has 2 aromatic carbocycles. The molecule has 1 saturated heterocycles. The molecule has 3 rings (SSSR count). The molecule has 1 N–H and O–H groups in total. The fourth-order valence-electron chi connectivity index (χ4n) is 3.87. The highest BCUT2D eigenvalue weighted by Gasteiger charge is 2.23. The first-order valence-corrected chi connectivity index (χ1v) is 10.7. The van der Waals surface area contributed by atoms with Gasteiger partial charge in [0, 0.05) is 26.2 Å². The van der Waals surface area contributed by atoms with Gasteiger partial charge in [0.15, 0.2) is 0 Å². The average molecular weight is 414 g/mol. The number of nitrogens with zero attached hydrogens (tertiary/aromatic N) is 2. The van der Waals surface area contributed by atoms with Gasteiger partial charge in [0.2, 0.25) is 5.91 Å². The highest BCUT2D eigenvalue weighted by molar-refractivity contribution is 5.78. The second-order valence-corrected chi connectivity index (χ2v) is 8.00. The SMILES string of the molecule is CCOc1ccccc1N1CCN(CC(=O)NC(c2ccc(F)cc2)C(C)C)CC1. The summed E-state index contributed by atoms with van der Waals surface area (Å²) >= 11 is 0. The Balaban J connectivity index is 1.54. The molecule has 0 saturated carbocycles. The normalized spacial score (nSPS) is 15.8. The standard InChI is InChI=1S/C24H32FN3O2/c1-4-30-22-8-6-5-7-21(22)28-15-13-27(14-16-28)17-23(29)26-24(18(2)3)19-9-11-20(25)12-10-19/h5-12,18,24H,4,13-17H2,1-3H3,(H,26,29). The first-order valence-electron chi connectivity index (χ1n) is 10.7. The molecule has 0 aliphatic carbocycles. The van der Waals surface area contributed by atoms with Crippen molar-refractivity contribution in [2.45, 2.75) is 26.8 Å². The van der Waals surface area contributed by atoms with Crippen LogP contribution >= 0.6 is 0 Å². The van der Waals surface area contributed by atoms with Crippen molar-refractivity contribution >= 4 is 11.6 Å². The highest BCUT2D eigenvalue weighted by Crippen LogP contribution is 2.29. The van der Waals surface area contributed by atoms with Crippen molar-refractivity contribution in [3.8, 4) is 5.75 Å². The minimum absolute atomic E-state index is 0.00110. The molecule has 0 aromatic heterocycles. The Hall–Kier alpha value is -2.60. The number of carbonyl (C=O) groups excluding carboxylic acids is 1. The van der Waals surface area contributed by atoms with Gasteiger partial charge in [-0.15, -0.1) is 0 Å². The van der Waals surface area contributed by atoms with E-state index < -0.39 is 0 Å². The van der Waals surface area contributed by atoms with Crippen LogP contribution in [0.4, 0.5) is 10.1 Å². The highest BCUT2D eigenvalue weighted by atomic mass is 19.1. The predicted octanol–water partition coefficient (Wildman–Crippen LogP) is 3.86. The largest absolute Gasteiger partial charge is 0.492 e. The number of hydrogen-bond acceptors (Lipinski definition) is 4. The third-order valence-electron chi connectivity index (χ3n) is 5.46. The predicted molar refractivity (Wildman–Crippen MR) is 118 cm³/mol. The first-order chi connectivity index (χ1) is 14.5. The van der Waals surface area contributed by atoms with Crippen LogP contribution in [0.2, 0.25) is 0 Å². The zero-order valence-corrected chi connectivity index (χ0v) is 18.1. The smallest absolute Gasteiger partial charge is 0.234 e. The van der Waals surface area contributed by atoms with Crippen LogP contribution in [0.15, 0.2) is 48.5 Å². The molecule has 1 heterocycles. The quantitative estimate of drug-likeness (QED) is 0.714. The van der Waals surface area contributed by atoms with Gasteiger partial charge < -0.3 is 15.0 Å². The number of carbonyl (C=O) groups is 1. The number of benzene rings is 2. The number of hydrogen-bond donors (Lipinski definition) is 1. The number of anilines is 1. The number of halogens is 1. The van der Waals surface area contributed by atoms with Gasteiger partial charge in [-0.05, 0) is 42.7 Å². The van der Waals surface area contributed by atoms with Crippen LogP contribution in [0.25, 0.3) is 0 Å². The van der Waals surface area contributed by atoms with E-state index in [1.54, 1.807) is 12.1 Å². The third-order valence-corrected chi connectivity index (χ3v) is 5.46. The molecule has 1 aliphatic rings. The van der Waals surface area contributed by atoms with Crippen LogP contribution in [-0.4, -0.2) is 50.1 Å². The van der Waals surface area contributed by atoms with Crippen molar-refractivity contribution in [2.75, 3.05) is 44.2 Å². The topological polar surface area (TPSA) is 44.8 Å². The zero-order chi connectivity index (χ0) is 21.5. The summed E-state index contributed by atoms with van der Waals surface area (Å²) in [6.07, 6.45) is 0. The molecule has 0 bridgehead atoms. The maximum absolute atomic E-state index is 13.2. The molecule has 6 heteroatoms. The fraction of sp³-hybridized carbons (Fsp3) is 0.458. The van der Waals surface area contributed by atoms with E-state index in [2.05, 4.69) is 35.0 Å². The van der Waals surface area contributed by atoms with E-state index in [4.69, 9.17) is 4.74 Å². The van der Waals surface area contributed by atoms with Crippen molar-refractivity contribution in [2.24, 2.45) is 5.92 Å². The van der Waals surface area contributed by atoms with E-state index in [0.29, 0.717) is 13.2 Å². The fourth-order valence-corrected chi connectivity index (χ4v) is 3.87. The molecule has 5 nitrogen and oxygen atoms in total. The van der Waals surface area contributed by atoms with E-state index in [-0.39, 0.29) is 23.7 Å². The van der Waals surface area contributed by atoms with Crippen molar-refractivity contribution in [1.82, 2.24) is 10.2 Å². The lowest BCUT2D eigenvalue weighted by Gasteiger charge is -2.36. The molecular formula is C24H32FN3O2. The van der Waals surface area contributed by atoms with Crippen LogP contribution in [0.3, 0.4) is 0 Å². The Labute approximate surface area is 178 Å². The summed E-state index contributed by atoms with van der Waals surface area (Å²) in [5.74, 6) is 0.856. The number of para-hydroxylation sites is 2. The number of rotatable bonds is 8. The van der Waals surface area contributed by atoms with E-state index in [0.717, 1.165) is 43.2 Å². The monoisotopic (exact) mass is 413 g/mol. The Morgan fingerprint density at radius 3 is 2.37 bits per heavy atom. The Bertz CT molecular complexity index is 817. The summed E-state index contributed by atoms with van der Waals surface area (Å²) in [6, 6.07) is 14.3. The Kier molecular flexibility index (Phi) is 7.69. The molecule has 2 aromatic rings. The summed E-state index contributed by atoms with van der Waals surface area (Å²) in [6.45, 7) is 10.4. The number of ether oxygens (including phenoxy) is 1. The van der Waals surface area contributed by atoms with Crippen LogP contribution < -0.4 is 15.0 Å². The maximum Gasteiger partial charge on any atom is 0.234 e. The molecule has 162 valence electrons. The van der Waals surface area contributed by atoms with Gasteiger partial charge in [0.05, 0.1) is 24.9 Å². The van der Waals surface area contributed by atoms with Crippen molar-refractivity contribution in [1.29, 1.82) is 0 Å². The third kappa shape index (κ3) is 5.72. The minimum Gasteiger partial charge on any atom is -0.492 e. The number of nitrogens with one attached hydrogen (secondary N) is 1. The van der Waals surface area contributed by atoms with Crippen LogP contribution in [0.1, 0.15) is 32.4 Å². The molecule has 1 atom stereocenters. The molecule has 0 spiro atoms. The van der Waals surface area contributed by atoms with Crippen LogP contribution in [0, 0.1) is 11.7 Å². The van der Waals surface area contributed by atoms with Gasteiger partial charge in [-0.25, -0.2) is 4.39 Å². The maximum atomic E-state index is 13.2. The molecule has 1 amide bonds. The number of amides is 1. The summed E-state index contributed by atoms with van der Waals surface area (Å²) in [5.41, 5.74) is 2.04. The van der Waals surface area contributed by atoms with Crippen LogP contribution in [-0.2, 0) is 4.79 Å². The molecular weight excluding hydrogens is 381 g/mol. The van der Waals surface area contributed by atoms with Crippen molar-refractivity contribution in [3.63, 3.8) is 0 Å². The van der Waals surface area contributed by atoms with E-state index in [1.807, 2.05) is 25.1 Å². The van der Waals surface area contributed by atoms with Crippen molar-refractivity contribution < 1.29 is 13.9 Å². The lowest BCUT2D eigenvalue weighted by atomic mass is 9.96. The molecule has 30 heavy (non-hydrogen) atoms. The Morgan fingerprint density at radius 2 is 1.73 bits per heavy atom. The van der Waals surface area contributed by atoms with E-state index >= 15 is 0 Å². The van der Waals surface area contributed by atoms with Gasteiger partial charge in [-0.2, -0.15) is 0 Å². The van der Waals surface area contributed by atoms with E-state index in [1.165, 1.54) is 12.1 Å². The molecule has 0 radical (unpaired) electrons. The van der Waals surface area contributed by atoms with Gasteiger partial charge in [-0.1, -0.05) is 38.1 Å². The van der Waals surface area contributed by atoms with Crippen molar-refractivity contribution in [3.05, 3.63) is 59.9 Å². The molecule has 1 fully saturated rings. The number of piperazine rings is 1. The van der Waals surface area contributed by atoms with Crippen LogP contribution in [0.5, 0.6) is 5.75 Å². The summed E-state index contributed by atoms with van der Waals surface area (Å²) < 4.78 is 19.0. The van der Waals surface area contributed by atoms with E-state index in [9.17, 15) is 9.18 Å². The second-order valence-electron chi connectivity index (χ2n) is 8.00. The lowest BCUT2D eigenvalue weighted by molar-refractivity contribution is -0.123. The lowest BCUT2D eigenvalue weighted by Crippen LogP contribution is -2.50. The average Bonchev–Trinajstić information content (AvgIpc) is 2.74. The second kappa shape index (κ2) is 10.4. The van der Waals surface area contributed by atoms with Gasteiger partial charge in [0.1, 0.15) is 11.6 Å². The molecule has 1 aliphatic heterocycles. The summed E-state index contributed by atoms with van der Waals surface area (Å²) in [5, 5.41) is 3.13. The first kappa shape index (κ1) is 22.1. The van der Waals surface area contributed by atoms with Gasteiger partial charge in [0.25, 0.3) is 0 Å². The Morgan fingerprint density at radius 1 is 1.07 bits per heavy atom. The van der Waals surface area contributed by atoms with Gasteiger partial charge >= 0.3 is 0 Å². The zero-order valence-electron chi connectivity index (χ0n) is 18.1. The minimum atomic E-state index is -0.267. The molecule has 1 unspecified atom stereocenters.